The Labute approximate surface area is 285 Å². The molecule has 5 nitrogen and oxygen atoms in total. The second kappa shape index (κ2) is 12.4. The number of aromatic nitrogens is 4. The van der Waals surface area contributed by atoms with Crippen molar-refractivity contribution < 1.29 is 4.74 Å². The molecule has 0 saturated carbocycles. The fourth-order valence-corrected chi connectivity index (χ4v) is 8.28. The highest BCUT2D eigenvalue weighted by molar-refractivity contribution is 6.09. The van der Waals surface area contributed by atoms with Crippen molar-refractivity contribution in [2.45, 2.75) is 81.1 Å². The zero-order valence-electron chi connectivity index (χ0n) is 29.9. The molecule has 0 aliphatic heterocycles. The molecule has 3 aromatic carbocycles. The predicted octanol–water partition coefficient (Wildman–Crippen LogP) is 11.4. The zero-order chi connectivity index (χ0) is 33.9. The lowest BCUT2D eigenvalue weighted by atomic mass is 9.64. The minimum absolute atomic E-state index is 0.376. The average molecular weight is 637 g/mol. The number of benzene rings is 3. The van der Waals surface area contributed by atoms with Gasteiger partial charge < -0.3 is 4.74 Å². The Balaban J connectivity index is 1.31. The Bertz CT molecular complexity index is 2200. The number of ether oxygens (including phenoxy) is 1. The van der Waals surface area contributed by atoms with Crippen LogP contribution in [-0.4, -0.2) is 19.3 Å². The van der Waals surface area contributed by atoms with Crippen molar-refractivity contribution >= 4 is 21.8 Å². The molecule has 6 aromatic rings. The van der Waals surface area contributed by atoms with E-state index in [9.17, 15) is 0 Å². The van der Waals surface area contributed by atoms with Gasteiger partial charge in [-0.05, 0) is 112 Å². The number of fused-ring (bicyclic) bond motifs is 3. The molecule has 4 atom stereocenters. The molecule has 1 unspecified atom stereocenters. The molecule has 1 aliphatic rings. The highest BCUT2D eigenvalue weighted by atomic mass is 16.5. The predicted molar refractivity (Wildman–Crippen MR) is 199 cm³/mol. The van der Waals surface area contributed by atoms with Crippen LogP contribution in [0.3, 0.4) is 0 Å². The average Bonchev–Trinajstić information content (AvgIpc) is 3.56. The summed E-state index contributed by atoms with van der Waals surface area (Å²) >= 11 is 0. The molecule has 1 aliphatic carbocycles. The second-order valence-electron chi connectivity index (χ2n) is 14.3. The minimum atomic E-state index is 0.376. The van der Waals surface area contributed by atoms with Gasteiger partial charge in [0, 0.05) is 46.3 Å². The second-order valence-corrected chi connectivity index (χ2v) is 14.3. The molecular weight excluding hydrogens is 589 g/mol. The number of hydrogen-bond acceptors (Lipinski definition) is 3. The molecule has 48 heavy (non-hydrogen) atoms. The van der Waals surface area contributed by atoms with E-state index < -0.39 is 0 Å². The summed E-state index contributed by atoms with van der Waals surface area (Å²) in [5.74, 6) is 4.66. The van der Waals surface area contributed by atoms with Crippen LogP contribution in [-0.2, 0) is 6.42 Å². The van der Waals surface area contributed by atoms with E-state index in [-0.39, 0.29) is 0 Å². The maximum absolute atomic E-state index is 6.73. The molecular formula is C43H48N4O. The van der Waals surface area contributed by atoms with Gasteiger partial charge in [0.2, 0.25) is 0 Å². The minimum Gasteiger partial charge on any atom is -0.457 e. The molecule has 0 saturated heterocycles. The SMILES string of the molecule is CCCc1cc(Oc2ccc3c4ccccc4n(-c4cc(C)ccn4)c3c2)cc(-n2nc(C)c(C3C(C)=C(C)[C@H](C)[C@H](C)[C@@H]3C)c2C)c1. The van der Waals surface area contributed by atoms with Gasteiger partial charge in [-0.25, -0.2) is 9.67 Å². The molecule has 7 rings (SSSR count). The first kappa shape index (κ1) is 31.9. The van der Waals surface area contributed by atoms with Gasteiger partial charge in [0.15, 0.2) is 0 Å². The van der Waals surface area contributed by atoms with Crippen LogP contribution in [0.2, 0.25) is 0 Å². The van der Waals surface area contributed by atoms with E-state index in [1.54, 1.807) is 0 Å². The molecule has 0 N–H and O–H groups in total. The van der Waals surface area contributed by atoms with Gasteiger partial charge in [-0.1, -0.05) is 63.5 Å². The number of aryl methyl sites for hydroxylation is 3. The number of pyridine rings is 1. The summed E-state index contributed by atoms with van der Waals surface area (Å²) in [5.41, 5.74) is 12.4. The van der Waals surface area contributed by atoms with Crippen molar-refractivity contribution in [1.82, 2.24) is 19.3 Å². The Hall–Kier alpha value is -4.64. The number of rotatable bonds is 7. The van der Waals surface area contributed by atoms with Gasteiger partial charge >= 0.3 is 0 Å². The van der Waals surface area contributed by atoms with Gasteiger partial charge in [-0.2, -0.15) is 5.10 Å². The van der Waals surface area contributed by atoms with Crippen molar-refractivity contribution in [3.05, 3.63) is 118 Å². The zero-order valence-corrected chi connectivity index (χ0v) is 29.9. The third-order valence-electron chi connectivity index (χ3n) is 11.3. The van der Waals surface area contributed by atoms with E-state index in [1.807, 2.05) is 12.3 Å². The summed E-state index contributed by atoms with van der Waals surface area (Å²) in [7, 11) is 0. The number of hydrogen-bond donors (Lipinski definition) is 0. The van der Waals surface area contributed by atoms with Gasteiger partial charge in [0.25, 0.3) is 0 Å². The molecule has 0 radical (unpaired) electrons. The molecule has 0 bridgehead atoms. The van der Waals surface area contributed by atoms with Crippen molar-refractivity contribution in [2.75, 3.05) is 0 Å². The number of allylic oxidation sites excluding steroid dienone is 2. The summed E-state index contributed by atoms with van der Waals surface area (Å²) in [6, 6.07) is 25.7. The Morgan fingerprint density at radius 3 is 2.29 bits per heavy atom. The lowest BCUT2D eigenvalue weighted by molar-refractivity contribution is 0.256. The van der Waals surface area contributed by atoms with Crippen LogP contribution >= 0.6 is 0 Å². The topological polar surface area (TPSA) is 44.9 Å². The van der Waals surface area contributed by atoms with E-state index in [0.29, 0.717) is 23.7 Å². The Morgan fingerprint density at radius 2 is 1.52 bits per heavy atom. The van der Waals surface area contributed by atoms with Gasteiger partial charge in [-0.15, -0.1) is 0 Å². The van der Waals surface area contributed by atoms with Crippen LogP contribution in [0.1, 0.15) is 82.0 Å². The van der Waals surface area contributed by atoms with Crippen LogP contribution in [0.5, 0.6) is 11.5 Å². The first-order valence-electron chi connectivity index (χ1n) is 17.6. The van der Waals surface area contributed by atoms with Crippen LogP contribution in [0, 0.1) is 38.5 Å². The summed E-state index contributed by atoms with van der Waals surface area (Å²) in [6.45, 7) is 20.7. The molecule has 3 heterocycles. The molecule has 0 amide bonds. The van der Waals surface area contributed by atoms with Crippen molar-refractivity contribution in [2.24, 2.45) is 17.8 Å². The molecule has 3 aromatic heterocycles. The van der Waals surface area contributed by atoms with E-state index >= 15 is 0 Å². The van der Waals surface area contributed by atoms with Gasteiger partial charge in [0.1, 0.15) is 17.3 Å². The largest absolute Gasteiger partial charge is 0.457 e. The number of para-hydroxylation sites is 1. The van der Waals surface area contributed by atoms with E-state index in [1.165, 1.54) is 44.3 Å². The molecule has 5 heteroatoms. The van der Waals surface area contributed by atoms with E-state index in [0.717, 1.165) is 52.6 Å². The standard InChI is InChI=1S/C43H48N4O/c1-10-13-33-21-34(47-32(9)43(31(8)45-47)42-29(6)27(4)26(3)28(5)30(42)7)23-36(22-33)48-35-16-17-38-37-14-11-12-15-39(37)46(40(38)24-35)41-20-25(2)18-19-44-41/h11-12,14-24,26-27,29,42H,10,13H2,1-9H3/t26-,27+,29+,42?/m1/s1. The summed E-state index contributed by atoms with van der Waals surface area (Å²) < 4.78 is 11.1. The van der Waals surface area contributed by atoms with Gasteiger partial charge in [0.05, 0.1) is 22.4 Å². The number of nitrogens with zero attached hydrogens (tertiary/aromatic N) is 4. The van der Waals surface area contributed by atoms with Crippen LogP contribution < -0.4 is 4.74 Å². The molecule has 0 fully saturated rings. The smallest absolute Gasteiger partial charge is 0.137 e. The highest BCUT2D eigenvalue weighted by Crippen LogP contribution is 2.48. The lowest BCUT2D eigenvalue weighted by Crippen LogP contribution is -2.30. The van der Waals surface area contributed by atoms with Crippen molar-refractivity contribution in [3.8, 4) is 23.0 Å². The maximum atomic E-state index is 6.73. The van der Waals surface area contributed by atoms with Crippen molar-refractivity contribution in [1.29, 1.82) is 0 Å². The third-order valence-corrected chi connectivity index (χ3v) is 11.3. The van der Waals surface area contributed by atoms with E-state index in [2.05, 4.69) is 138 Å². The fourth-order valence-electron chi connectivity index (χ4n) is 8.28. The normalized spacial score (nSPS) is 19.9. The maximum Gasteiger partial charge on any atom is 0.137 e. The lowest BCUT2D eigenvalue weighted by Gasteiger charge is -2.40. The Morgan fingerprint density at radius 1 is 0.750 bits per heavy atom. The first-order chi connectivity index (χ1) is 23.1. The van der Waals surface area contributed by atoms with Crippen molar-refractivity contribution in [3.63, 3.8) is 0 Å². The molecule has 246 valence electrons. The van der Waals surface area contributed by atoms with Crippen LogP contribution in [0.25, 0.3) is 33.3 Å². The summed E-state index contributed by atoms with van der Waals surface area (Å²) in [5, 5.41) is 7.57. The van der Waals surface area contributed by atoms with Crippen LogP contribution in [0.4, 0.5) is 0 Å². The fraction of sp³-hybridized carbons (Fsp3) is 0.349. The van der Waals surface area contributed by atoms with E-state index in [4.69, 9.17) is 14.8 Å². The first-order valence-corrected chi connectivity index (χ1v) is 17.6. The quantitative estimate of drug-likeness (QED) is 0.164. The monoisotopic (exact) mass is 636 g/mol. The third kappa shape index (κ3) is 5.34. The summed E-state index contributed by atoms with van der Waals surface area (Å²) in [6.07, 6.45) is 3.91. The van der Waals surface area contributed by atoms with Gasteiger partial charge in [-0.3, -0.25) is 4.57 Å². The highest BCUT2D eigenvalue weighted by Gasteiger charge is 2.38. The summed E-state index contributed by atoms with van der Waals surface area (Å²) in [4.78, 5) is 4.75. The van der Waals surface area contributed by atoms with Crippen LogP contribution in [0.15, 0.2) is 90.1 Å². The molecule has 0 spiro atoms. The Kier molecular flexibility index (Phi) is 8.27.